The van der Waals surface area contributed by atoms with Gasteiger partial charge in [0, 0.05) is 105 Å². The number of aliphatic carboxylic acids is 1. The van der Waals surface area contributed by atoms with Crippen molar-refractivity contribution < 1.29 is 66.4 Å². The number of amides is 3. The number of carbonyl (C=O) groups is 4. The van der Waals surface area contributed by atoms with Crippen LogP contribution in [0, 0.1) is 13.8 Å². The van der Waals surface area contributed by atoms with E-state index in [1.807, 2.05) is 97.1 Å². The first kappa shape index (κ1) is 103. The van der Waals surface area contributed by atoms with Crippen molar-refractivity contribution in [1.29, 1.82) is 0 Å². The first-order valence-corrected chi connectivity index (χ1v) is 12.5. The molecule has 0 atom stereocenters. The molecule has 0 spiro atoms. The Morgan fingerprint density at radius 3 is 0.667 bits per heavy atom. The van der Waals surface area contributed by atoms with Crippen LogP contribution < -0.4 is 21.7 Å². The molecule has 0 aromatic rings. The van der Waals surface area contributed by atoms with Gasteiger partial charge in [-0.3, -0.25) is 19.2 Å². The molecule has 0 aliphatic heterocycles. The summed E-state index contributed by atoms with van der Waals surface area (Å²) in [6, 6.07) is 0. The van der Waals surface area contributed by atoms with Gasteiger partial charge in [0.2, 0.25) is 17.7 Å². The number of carboxylic acid groups (broad SMARTS) is 1. The topological polar surface area (TPSA) is 164 Å². The maximum Gasteiger partial charge on any atom is 0.300 e. The van der Waals surface area contributed by atoms with E-state index in [-0.39, 0.29) is 99.5 Å². The Balaban J connectivity index is -0.0000000168. The number of hydrogen-bond donors (Lipinski definition) is 5. The second-order valence-electron chi connectivity index (χ2n) is 8.71. The average Bonchev–Trinajstić information content (AvgIpc) is 2.80. The minimum Gasteiger partial charge on any atom is -0.481 e. The Morgan fingerprint density at radius 2 is 0.667 bits per heavy atom. The van der Waals surface area contributed by atoms with Crippen LogP contribution in [-0.2, 0) is 61.3 Å². The summed E-state index contributed by atoms with van der Waals surface area (Å²) in [5.74, 6) is -0.819. The molecule has 13 nitrogen and oxygen atoms in total. The van der Waals surface area contributed by atoms with Crippen LogP contribution in [0.4, 0.5) is 0 Å². The fourth-order valence-corrected chi connectivity index (χ4v) is 0. The number of carboxylic acids is 1. The second-order valence-corrected chi connectivity index (χ2v) is 8.71. The molecule has 0 aromatic heterocycles. The van der Waals surface area contributed by atoms with Gasteiger partial charge in [-0.05, 0) is 70.5 Å². The maximum atomic E-state index is 9.70. The number of rotatable bonds is 1. The molecule has 0 aromatic carbocycles. The zero-order chi connectivity index (χ0) is 37.0. The molecular formula is C31H82Cl2N8O5W2-2. The van der Waals surface area contributed by atoms with Gasteiger partial charge >= 0.3 is 0 Å². The maximum absolute atomic E-state index is 9.70. The minimum absolute atomic E-state index is 0. The molecule has 48 heavy (non-hydrogen) atoms. The van der Waals surface area contributed by atoms with Crippen molar-refractivity contribution in [2.45, 2.75) is 42.5 Å². The Hall–Kier alpha value is -1.30. The van der Waals surface area contributed by atoms with Gasteiger partial charge in [-0.15, -0.1) is 30.5 Å². The third kappa shape index (κ3) is 1130. The summed E-state index contributed by atoms with van der Waals surface area (Å²) in [5, 5.41) is 14.6. The van der Waals surface area contributed by atoms with Gasteiger partial charge in [0.05, 0.1) is 0 Å². The number of allylic oxidation sites excluding steroid dienone is 2. The monoisotopic (exact) mass is 1080 g/mol. The number of nitrogens with zero attached hydrogens (tertiary/aromatic N) is 4. The largest absolute Gasteiger partial charge is 0.481 e. The van der Waals surface area contributed by atoms with Gasteiger partial charge in [0.25, 0.3) is 5.97 Å². The van der Waals surface area contributed by atoms with E-state index in [1.54, 1.807) is 21.1 Å². The summed E-state index contributed by atoms with van der Waals surface area (Å²) < 4.78 is 0. The van der Waals surface area contributed by atoms with Crippen LogP contribution in [0.25, 0.3) is 0 Å². The van der Waals surface area contributed by atoms with Crippen molar-refractivity contribution in [3.05, 3.63) is 38.8 Å². The van der Waals surface area contributed by atoms with Crippen LogP contribution in [0.1, 0.15) is 42.5 Å². The van der Waals surface area contributed by atoms with Crippen molar-refractivity contribution in [2.75, 3.05) is 106 Å². The van der Waals surface area contributed by atoms with Crippen molar-refractivity contribution in [1.82, 2.24) is 35.6 Å². The Labute approximate surface area is 341 Å². The van der Waals surface area contributed by atoms with Gasteiger partial charge in [-0.25, -0.2) is 33.1 Å². The number of halogens is 2. The van der Waals surface area contributed by atoms with E-state index in [0.717, 1.165) is 12.6 Å². The molecule has 0 saturated heterocycles. The Morgan fingerprint density at radius 1 is 0.625 bits per heavy atom. The smallest absolute Gasteiger partial charge is 0.300 e. The van der Waals surface area contributed by atoms with Crippen molar-refractivity contribution >= 4 is 48.5 Å². The second kappa shape index (κ2) is 104. The molecule has 0 fully saturated rings. The standard InChI is InChI=1S/C5H10N.3C3H7NO.3C3H9N.C3H5.C2H4O2.CH5N.2CH4.2ClH.2W/c1-5(2)6(3)4;3*1-3(5)4-2;3*1-4(2)3;1-3-2;1-2(3)4;1-2;;;;;;/h1-2H2,3-4H3;3*1-2H3,(H,4,5);3*1-3H3;3H,1-2H2;1H3,(H,3,4);2H2,1H3;2*1H4;2*1H;;/q-1;;;;;;;-1;;;;;;;;. The number of nitrogens with two attached hydrogens (primary N) is 1. The summed E-state index contributed by atoms with van der Waals surface area (Å²) in [7, 11) is 28.1. The summed E-state index contributed by atoms with van der Waals surface area (Å²) >= 11 is 0. The SMILES string of the molecule is C.C.C=C([CH2-])N(C)C.C=C[CH2-].CC(=O)O.CN.CN(C)C.CN(C)C.CN(C)C.CNC(C)=O.CNC(C)=O.CNC(C)=O.Cl.Cl.[W].[W]. The van der Waals surface area contributed by atoms with Crippen molar-refractivity contribution in [3.63, 3.8) is 0 Å². The predicted molar refractivity (Wildman–Crippen MR) is 213 cm³/mol. The fourth-order valence-electron chi connectivity index (χ4n) is 0. The van der Waals surface area contributed by atoms with Gasteiger partial charge in [-0.2, -0.15) is 0 Å². The predicted octanol–water partition coefficient (Wildman–Crippen LogP) is 3.47. The minimum atomic E-state index is -0.833. The van der Waals surface area contributed by atoms with Gasteiger partial charge < -0.3 is 46.4 Å². The van der Waals surface area contributed by atoms with Gasteiger partial charge in [0.1, 0.15) is 0 Å². The molecule has 0 radical (unpaired) electrons. The summed E-state index contributed by atoms with van der Waals surface area (Å²) in [4.78, 5) is 46.0. The molecular weight excluding hydrogens is 1000 g/mol. The van der Waals surface area contributed by atoms with Crippen LogP contribution in [-0.4, -0.2) is 154 Å². The normalized spacial score (nSPS) is 6.23. The molecule has 0 saturated carbocycles. The zero-order valence-electron chi connectivity index (χ0n) is 32.5. The van der Waals surface area contributed by atoms with E-state index in [0.29, 0.717) is 0 Å². The fraction of sp³-hybridized carbons (Fsp3) is 0.677. The molecule has 0 rings (SSSR count). The Kier molecular flexibility index (Phi) is 223. The molecule has 0 aliphatic rings. The summed E-state index contributed by atoms with van der Waals surface area (Å²) in [6.07, 6.45) is 1.50. The molecule has 0 aliphatic carbocycles. The molecule has 6 N–H and O–H groups in total. The van der Waals surface area contributed by atoms with E-state index in [9.17, 15) is 14.4 Å². The van der Waals surface area contributed by atoms with Gasteiger partial charge in [0.15, 0.2) is 0 Å². The third-order valence-corrected chi connectivity index (χ3v) is 1.69. The van der Waals surface area contributed by atoms with Crippen LogP contribution in [0.15, 0.2) is 24.9 Å². The van der Waals surface area contributed by atoms with Crippen molar-refractivity contribution in [3.8, 4) is 0 Å². The molecule has 3 amide bonds. The van der Waals surface area contributed by atoms with E-state index in [1.165, 1.54) is 33.9 Å². The van der Waals surface area contributed by atoms with E-state index < -0.39 is 5.97 Å². The van der Waals surface area contributed by atoms with E-state index >= 15 is 0 Å². The van der Waals surface area contributed by atoms with Gasteiger partial charge in [-0.1, -0.05) is 14.9 Å². The number of hydrogen-bond acceptors (Lipinski definition) is 9. The van der Waals surface area contributed by atoms with Crippen molar-refractivity contribution in [2.24, 2.45) is 5.73 Å². The zero-order valence-corrected chi connectivity index (χ0v) is 40.0. The number of carbonyl (C=O) groups excluding carboxylic acids is 3. The van der Waals surface area contributed by atoms with E-state index in [2.05, 4.69) is 48.7 Å². The summed E-state index contributed by atoms with van der Waals surface area (Å²) in [5.41, 5.74) is 5.34. The van der Waals surface area contributed by atoms with Crippen LogP contribution >= 0.6 is 24.8 Å². The molecule has 0 unspecified atom stereocenters. The van der Waals surface area contributed by atoms with E-state index in [4.69, 9.17) is 9.90 Å². The van der Waals surface area contributed by atoms with Crippen LogP contribution in [0.3, 0.4) is 0 Å². The number of nitrogens with one attached hydrogen (secondary N) is 3. The Bertz CT molecular complexity index is 521. The molecule has 17 heteroatoms. The van der Waals surface area contributed by atoms with Crippen LogP contribution in [0.2, 0.25) is 0 Å². The first-order chi connectivity index (χ1) is 18.8. The quantitative estimate of drug-likeness (QED) is 0.246. The first-order valence-electron chi connectivity index (χ1n) is 12.5. The molecule has 0 bridgehead atoms. The summed E-state index contributed by atoms with van der Waals surface area (Å²) in [6.45, 7) is 19.1. The third-order valence-electron chi connectivity index (χ3n) is 1.69. The average molecular weight is 1090 g/mol. The molecule has 304 valence electrons. The van der Waals surface area contributed by atoms with Crippen LogP contribution in [0.5, 0.6) is 0 Å². The molecule has 0 heterocycles.